The molecule has 1 N–H and O–H groups in total. The Hall–Kier alpha value is -2.68. The quantitative estimate of drug-likeness (QED) is 0.709. The monoisotopic (exact) mass is 276 g/mol. The average Bonchev–Trinajstić information content (AvgIpc) is 2.47. The van der Waals surface area contributed by atoms with Gasteiger partial charge in [-0.1, -0.05) is 29.8 Å². The summed E-state index contributed by atoms with van der Waals surface area (Å²) in [5.74, 6) is 0. The topological polar surface area (TPSA) is 45.2 Å². The molecule has 2 aromatic carbocycles. The number of aliphatic imine (C=N–C) groups is 1. The fourth-order valence-corrected chi connectivity index (χ4v) is 2.20. The van der Waals surface area contributed by atoms with E-state index in [9.17, 15) is 4.79 Å². The van der Waals surface area contributed by atoms with Crippen LogP contribution in [0, 0.1) is 13.8 Å². The number of nitrogens with one attached hydrogen (secondary N) is 1. The molecule has 0 aliphatic carbocycles. The maximum atomic E-state index is 12.1. The largest absolute Gasteiger partial charge is 0.321 e. The summed E-state index contributed by atoms with van der Waals surface area (Å²) in [6.45, 7) is 4.04. The lowest BCUT2D eigenvalue weighted by atomic mass is 10.1. The molecule has 0 spiro atoms. The molecule has 1 heterocycles. The first-order chi connectivity index (χ1) is 10.1. The Labute approximate surface area is 123 Å². The number of rotatable bonds is 2. The highest BCUT2D eigenvalue weighted by Crippen LogP contribution is 2.14. The van der Waals surface area contributed by atoms with Crippen molar-refractivity contribution in [1.82, 2.24) is 4.98 Å². The predicted octanol–water partition coefficient (Wildman–Crippen LogP) is 3.90. The highest BCUT2D eigenvalue weighted by molar-refractivity contribution is 5.88. The van der Waals surface area contributed by atoms with Crippen LogP contribution in [-0.2, 0) is 0 Å². The normalized spacial score (nSPS) is 11.3. The SMILES string of the molecule is Cc1ccc(N=Cc2cc3ccc(C)cc3[nH]c2=O)cc1. The first kappa shape index (κ1) is 13.3. The summed E-state index contributed by atoms with van der Waals surface area (Å²) in [7, 11) is 0. The number of aryl methyl sites for hydroxylation is 2. The molecule has 3 rings (SSSR count). The van der Waals surface area contributed by atoms with Gasteiger partial charge in [0.1, 0.15) is 0 Å². The van der Waals surface area contributed by atoms with Gasteiger partial charge in [-0.15, -0.1) is 0 Å². The van der Waals surface area contributed by atoms with Gasteiger partial charge in [0.25, 0.3) is 5.56 Å². The molecule has 0 saturated carbocycles. The average molecular weight is 276 g/mol. The van der Waals surface area contributed by atoms with E-state index in [0.717, 1.165) is 22.2 Å². The molecule has 0 radical (unpaired) electrons. The van der Waals surface area contributed by atoms with Crippen molar-refractivity contribution in [3.8, 4) is 0 Å². The number of pyridine rings is 1. The molecule has 3 aromatic rings. The van der Waals surface area contributed by atoms with E-state index in [4.69, 9.17) is 0 Å². The number of fused-ring (bicyclic) bond motifs is 1. The lowest BCUT2D eigenvalue weighted by Crippen LogP contribution is -2.11. The first-order valence-corrected chi connectivity index (χ1v) is 6.86. The van der Waals surface area contributed by atoms with E-state index in [1.807, 2.05) is 62.4 Å². The minimum Gasteiger partial charge on any atom is -0.321 e. The van der Waals surface area contributed by atoms with Gasteiger partial charge in [-0.2, -0.15) is 0 Å². The minimum absolute atomic E-state index is 0.121. The third-order valence-electron chi connectivity index (χ3n) is 3.42. The van der Waals surface area contributed by atoms with E-state index in [-0.39, 0.29) is 5.56 Å². The molecule has 0 amide bonds. The van der Waals surface area contributed by atoms with Gasteiger partial charge in [-0.25, -0.2) is 0 Å². The molecule has 0 fully saturated rings. The number of H-pyrrole nitrogens is 1. The highest BCUT2D eigenvalue weighted by atomic mass is 16.1. The molecule has 1 aromatic heterocycles. The van der Waals surface area contributed by atoms with Gasteiger partial charge in [-0.3, -0.25) is 9.79 Å². The van der Waals surface area contributed by atoms with Crippen molar-refractivity contribution in [2.45, 2.75) is 13.8 Å². The number of hydrogen-bond donors (Lipinski definition) is 1. The van der Waals surface area contributed by atoms with Crippen molar-refractivity contribution in [2.24, 2.45) is 4.99 Å². The zero-order valence-electron chi connectivity index (χ0n) is 12.1. The molecule has 0 unspecified atom stereocenters. The van der Waals surface area contributed by atoms with E-state index in [1.54, 1.807) is 6.21 Å². The molecule has 0 atom stereocenters. The second kappa shape index (κ2) is 5.37. The fraction of sp³-hybridized carbons (Fsp3) is 0.111. The molecule has 0 saturated heterocycles. The van der Waals surface area contributed by atoms with Crippen molar-refractivity contribution in [1.29, 1.82) is 0 Å². The number of aromatic amines is 1. The zero-order valence-corrected chi connectivity index (χ0v) is 12.1. The number of benzene rings is 2. The van der Waals surface area contributed by atoms with Crippen LogP contribution < -0.4 is 5.56 Å². The lowest BCUT2D eigenvalue weighted by Gasteiger charge is -2.01. The van der Waals surface area contributed by atoms with Crippen molar-refractivity contribution in [3.05, 3.63) is 75.6 Å². The van der Waals surface area contributed by atoms with Gasteiger partial charge in [-0.05, 0) is 49.1 Å². The van der Waals surface area contributed by atoms with Crippen LogP contribution >= 0.6 is 0 Å². The second-order valence-corrected chi connectivity index (χ2v) is 5.24. The Morgan fingerprint density at radius 1 is 0.952 bits per heavy atom. The second-order valence-electron chi connectivity index (χ2n) is 5.24. The standard InChI is InChI=1S/C18H16N2O/c1-12-4-7-16(8-5-12)19-11-15-10-14-6-3-13(2)9-17(14)20-18(15)21/h3-11H,1-2H3,(H,20,21). The number of hydrogen-bond acceptors (Lipinski definition) is 2. The molecule has 0 aliphatic heterocycles. The summed E-state index contributed by atoms with van der Waals surface area (Å²) < 4.78 is 0. The van der Waals surface area contributed by atoms with E-state index in [1.165, 1.54) is 5.56 Å². The van der Waals surface area contributed by atoms with E-state index < -0.39 is 0 Å². The first-order valence-electron chi connectivity index (χ1n) is 6.86. The van der Waals surface area contributed by atoms with Gasteiger partial charge in [0, 0.05) is 11.7 Å². The maximum Gasteiger partial charge on any atom is 0.257 e. The zero-order chi connectivity index (χ0) is 14.8. The fourth-order valence-electron chi connectivity index (χ4n) is 2.20. The molecule has 104 valence electrons. The maximum absolute atomic E-state index is 12.1. The van der Waals surface area contributed by atoms with Crippen molar-refractivity contribution in [3.63, 3.8) is 0 Å². The third kappa shape index (κ3) is 2.92. The Kier molecular flexibility index (Phi) is 3.40. The summed E-state index contributed by atoms with van der Waals surface area (Å²) in [6, 6.07) is 15.7. The molecule has 0 aliphatic rings. The molecule has 21 heavy (non-hydrogen) atoms. The van der Waals surface area contributed by atoms with Crippen LogP contribution in [0.2, 0.25) is 0 Å². The van der Waals surface area contributed by atoms with E-state index in [2.05, 4.69) is 9.98 Å². The van der Waals surface area contributed by atoms with Gasteiger partial charge in [0.05, 0.1) is 11.3 Å². The molecule has 3 nitrogen and oxygen atoms in total. The summed E-state index contributed by atoms with van der Waals surface area (Å²) in [5, 5.41) is 1.01. The lowest BCUT2D eigenvalue weighted by molar-refractivity contribution is 1.28. The predicted molar refractivity (Wildman–Crippen MR) is 87.7 cm³/mol. The van der Waals surface area contributed by atoms with Crippen LogP contribution in [0.15, 0.2) is 58.3 Å². The molecule has 3 heteroatoms. The minimum atomic E-state index is -0.121. The van der Waals surface area contributed by atoms with Crippen molar-refractivity contribution >= 4 is 22.8 Å². The van der Waals surface area contributed by atoms with Crippen molar-refractivity contribution < 1.29 is 0 Å². The van der Waals surface area contributed by atoms with Gasteiger partial charge in [0.2, 0.25) is 0 Å². The molecular weight excluding hydrogens is 260 g/mol. The van der Waals surface area contributed by atoms with Gasteiger partial charge >= 0.3 is 0 Å². The van der Waals surface area contributed by atoms with E-state index in [0.29, 0.717) is 5.56 Å². The van der Waals surface area contributed by atoms with Crippen LogP contribution in [0.5, 0.6) is 0 Å². The van der Waals surface area contributed by atoms with Crippen LogP contribution in [0.3, 0.4) is 0 Å². The molecule has 0 bridgehead atoms. The Morgan fingerprint density at radius 3 is 2.43 bits per heavy atom. The Morgan fingerprint density at radius 2 is 1.67 bits per heavy atom. The van der Waals surface area contributed by atoms with Gasteiger partial charge in [0.15, 0.2) is 0 Å². The smallest absolute Gasteiger partial charge is 0.257 e. The summed E-state index contributed by atoms with van der Waals surface area (Å²) >= 11 is 0. The van der Waals surface area contributed by atoms with E-state index >= 15 is 0 Å². The van der Waals surface area contributed by atoms with Gasteiger partial charge < -0.3 is 4.98 Å². The van der Waals surface area contributed by atoms with Crippen LogP contribution in [0.4, 0.5) is 5.69 Å². The highest BCUT2D eigenvalue weighted by Gasteiger charge is 2.01. The summed E-state index contributed by atoms with van der Waals surface area (Å²) in [6.07, 6.45) is 1.61. The molecular formula is C18H16N2O. The number of nitrogens with zero attached hydrogens (tertiary/aromatic N) is 1. The van der Waals surface area contributed by atoms with Crippen LogP contribution in [0.25, 0.3) is 10.9 Å². The Balaban J connectivity index is 2.00. The Bertz CT molecular complexity index is 874. The van der Waals surface area contributed by atoms with Crippen LogP contribution in [-0.4, -0.2) is 11.2 Å². The summed E-state index contributed by atoms with van der Waals surface area (Å²) in [4.78, 5) is 19.3. The van der Waals surface area contributed by atoms with Crippen LogP contribution in [0.1, 0.15) is 16.7 Å². The third-order valence-corrected chi connectivity index (χ3v) is 3.42. The number of aromatic nitrogens is 1. The summed E-state index contributed by atoms with van der Waals surface area (Å²) in [5.41, 5.74) is 4.44. The van der Waals surface area contributed by atoms with Crippen molar-refractivity contribution in [2.75, 3.05) is 0 Å².